The van der Waals surface area contributed by atoms with Gasteiger partial charge in [-0.05, 0) is 46.3 Å². The third-order valence-electron chi connectivity index (χ3n) is 2.61. The quantitative estimate of drug-likeness (QED) is 0.798. The number of ether oxygens (including phenoxy) is 1. The summed E-state index contributed by atoms with van der Waals surface area (Å²) in [7, 11) is 1.33. The fraction of sp³-hybridized carbons (Fsp3) is 0.0714. The Labute approximate surface area is 117 Å². The lowest BCUT2D eigenvalue weighted by atomic mass is 10.0. The highest BCUT2D eigenvalue weighted by Gasteiger charge is 2.17. The maximum atomic E-state index is 13.8. The first-order chi connectivity index (χ1) is 9.04. The highest BCUT2D eigenvalue weighted by atomic mass is 79.9. The minimum absolute atomic E-state index is 0.0336. The summed E-state index contributed by atoms with van der Waals surface area (Å²) >= 11 is 3.00. The van der Waals surface area contributed by atoms with Crippen LogP contribution in [0.2, 0.25) is 0 Å². The number of ketones is 1. The molecule has 0 aliphatic rings. The standard InChI is InChI=1S/C14H9BrF2O2/c1-19-12-6-5-8(7-11(12)16)14(18)9-3-2-4-10(15)13(9)17/h2-7H,1H3. The first kappa shape index (κ1) is 13.7. The van der Waals surface area contributed by atoms with Crippen molar-refractivity contribution in [1.82, 2.24) is 0 Å². The predicted octanol–water partition coefficient (Wildman–Crippen LogP) is 3.97. The first-order valence-corrected chi connectivity index (χ1v) is 6.16. The topological polar surface area (TPSA) is 26.3 Å². The number of hydrogen-bond acceptors (Lipinski definition) is 2. The molecule has 0 aliphatic heterocycles. The van der Waals surface area contributed by atoms with Gasteiger partial charge in [-0.15, -0.1) is 0 Å². The van der Waals surface area contributed by atoms with E-state index < -0.39 is 17.4 Å². The van der Waals surface area contributed by atoms with Crippen LogP contribution in [0.15, 0.2) is 40.9 Å². The Hall–Kier alpha value is -1.75. The van der Waals surface area contributed by atoms with E-state index in [1.54, 1.807) is 6.07 Å². The van der Waals surface area contributed by atoms with Gasteiger partial charge in [-0.3, -0.25) is 4.79 Å². The van der Waals surface area contributed by atoms with Gasteiger partial charge in [0.2, 0.25) is 0 Å². The Morgan fingerprint density at radius 2 is 1.95 bits per heavy atom. The molecule has 2 aromatic rings. The number of methoxy groups -OCH3 is 1. The molecule has 0 fully saturated rings. The molecule has 0 saturated heterocycles. The molecule has 0 unspecified atom stereocenters. The first-order valence-electron chi connectivity index (χ1n) is 5.37. The van der Waals surface area contributed by atoms with Gasteiger partial charge in [0.15, 0.2) is 17.3 Å². The van der Waals surface area contributed by atoms with Crippen LogP contribution in [-0.2, 0) is 0 Å². The van der Waals surface area contributed by atoms with E-state index in [0.29, 0.717) is 0 Å². The summed E-state index contributed by atoms with van der Waals surface area (Å²) < 4.78 is 32.3. The molecule has 19 heavy (non-hydrogen) atoms. The molecule has 5 heteroatoms. The molecule has 0 saturated carbocycles. The molecule has 0 aliphatic carbocycles. The molecule has 0 atom stereocenters. The zero-order valence-corrected chi connectivity index (χ0v) is 11.5. The molecule has 2 rings (SSSR count). The third-order valence-corrected chi connectivity index (χ3v) is 3.22. The molecule has 0 N–H and O–H groups in total. The molecule has 0 spiro atoms. The second-order valence-corrected chi connectivity index (χ2v) is 4.63. The summed E-state index contributed by atoms with van der Waals surface area (Å²) in [4.78, 5) is 12.1. The Balaban J connectivity index is 2.44. The summed E-state index contributed by atoms with van der Waals surface area (Å²) in [6.07, 6.45) is 0. The minimum atomic E-state index is -0.663. The second kappa shape index (κ2) is 5.48. The van der Waals surface area contributed by atoms with Crippen LogP contribution in [0.5, 0.6) is 5.75 Å². The normalized spacial score (nSPS) is 10.3. The van der Waals surface area contributed by atoms with Gasteiger partial charge in [0.1, 0.15) is 5.82 Å². The van der Waals surface area contributed by atoms with Gasteiger partial charge < -0.3 is 4.74 Å². The monoisotopic (exact) mass is 326 g/mol. The fourth-order valence-corrected chi connectivity index (χ4v) is 2.01. The Bertz CT molecular complexity index is 641. The molecule has 0 heterocycles. The SMILES string of the molecule is COc1ccc(C(=O)c2cccc(Br)c2F)cc1F. The van der Waals surface area contributed by atoms with Gasteiger partial charge in [-0.2, -0.15) is 0 Å². The van der Waals surface area contributed by atoms with Crippen molar-refractivity contribution in [2.75, 3.05) is 7.11 Å². The molecule has 2 nitrogen and oxygen atoms in total. The van der Waals surface area contributed by atoms with E-state index in [1.165, 1.54) is 31.4 Å². The van der Waals surface area contributed by atoms with Crippen molar-refractivity contribution >= 4 is 21.7 Å². The maximum Gasteiger partial charge on any atom is 0.196 e. The lowest BCUT2D eigenvalue weighted by molar-refractivity contribution is 0.103. The predicted molar refractivity (Wildman–Crippen MR) is 70.5 cm³/mol. The van der Waals surface area contributed by atoms with E-state index in [9.17, 15) is 13.6 Å². The summed E-state index contributed by atoms with van der Waals surface area (Å²) in [5.41, 5.74) is -0.0470. The van der Waals surface area contributed by atoms with Crippen molar-refractivity contribution in [3.05, 3.63) is 63.6 Å². The van der Waals surface area contributed by atoms with Crippen LogP contribution in [0.1, 0.15) is 15.9 Å². The Kier molecular flexibility index (Phi) is 3.95. The van der Waals surface area contributed by atoms with Crippen molar-refractivity contribution in [2.24, 2.45) is 0 Å². The van der Waals surface area contributed by atoms with Gasteiger partial charge in [-0.1, -0.05) is 6.07 Å². The minimum Gasteiger partial charge on any atom is -0.494 e. The summed E-state index contributed by atoms with van der Waals surface area (Å²) in [5.74, 6) is -1.88. The van der Waals surface area contributed by atoms with Crippen LogP contribution in [0.25, 0.3) is 0 Å². The Morgan fingerprint density at radius 3 is 2.58 bits per heavy atom. The maximum absolute atomic E-state index is 13.8. The molecule has 0 aromatic heterocycles. The van der Waals surface area contributed by atoms with Gasteiger partial charge >= 0.3 is 0 Å². The molecule has 2 aromatic carbocycles. The molecular weight excluding hydrogens is 318 g/mol. The number of benzene rings is 2. The van der Waals surface area contributed by atoms with E-state index in [4.69, 9.17) is 4.74 Å². The highest BCUT2D eigenvalue weighted by molar-refractivity contribution is 9.10. The third kappa shape index (κ3) is 2.66. The van der Waals surface area contributed by atoms with E-state index in [-0.39, 0.29) is 21.3 Å². The lowest BCUT2D eigenvalue weighted by Gasteiger charge is -2.06. The molecule has 0 amide bonds. The van der Waals surface area contributed by atoms with Gasteiger partial charge in [0.25, 0.3) is 0 Å². The van der Waals surface area contributed by atoms with E-state index in [1.807, 2.05) is 0 Å². The van der Waals surface area contributed by atoms with Crippen molar-refractivity contribution in [1.29, 1.82) is 0 Å². The number of hydrogen-bond donors (Lipinski definition) is 0. The summed E-state index contributed by atoms with van der Waals surface area (Å²) in [6, 6.07) is 8.14. The average Bonchev–Trinajstić information content (AvgIpc) is 2.41. The van der Waals surface area contributed by atoms with E-state index in [2.05, 4.69) is 15.9 Å². The van der Waals surface area contributed by atoms with Crippen molar-refractivity contribution in [2.45, 2.75) is 0 Å². The number of halogens is 3. The van der Waals surface area contributed by atoms with Crippen LogP contribution in [0.3, 0.4) is 0 Å². The van der Waals surface area contributed by atoms with Crippen LogP contribution in [0, 0.1) is 11.6 Å². The largest absolute Gasteiger partial charge is 0.494 e. The van der Waals surface area contributed by atoms with Crippen molar-refractivity contribution < 1.29 is 18.3 Å². The van der Waals surface area contributed by atoms with Crippen LogP contribution >= 0.6 is 15.9 Å². The molecule has 0 radical (unpaired) electrons. The van der Waals surface area contributed by atoms with Crippen LogP contribution in [-0.4, -0.2) is 12.9 Å². The summed E-state index contributed by atoms with van der Waals surface area (Å²) in [5, 5.41) is 0. The summed E-state index contributed by atoms with van der Waals surface area (Å²) in [6.45, 7) is 0. The highest BCUT2D eigenvalue weighted by Crippen LogP contribution is 2.23. The van der Waals surface area contributed by atoms with Gasteiger partial charge in [0, 0.05) is 5.56 Å². The smallest absolute Gasteiger partial charge is 0.196 e. The average molecular weight is 327 g/mol. The number of carbonyl (C=O) groups is 1. The van der Waals surface area contributed by atoms with Gasteiger partial charge in [0.05, 0.1) is 17.1 Å². The number of carbonyl (C=O) groups excluding carboxylic acids is 1. The van der Waals surface area contributed by atoms with Crippen LogP contribution < -0.4 is 4.74 Å². The van der Waals surface area contributed by atoms with Crippen molar-refractivity contribution in [3.63, 3.8) is 0 Å². The van der Waals surface area contributed by atoms with Crippen LogP contribution in [0.4, 0.5) is 8.78 Å². The second-order valence-electron chi connectivity index (χ2n) is 3.78. The van der Waals surface area contributed by atoms with E-state index in [0.717, 1.165) is 6.07 Å². The molecule has 98 valence electrons. The zero-order chi connectivity index (χ0) is 14.0. The molecule has 0 bridgehead atoms. The van der Waals surface area contributed by atoms with Crippen molar-refractivity contribution in [3.8, 4) is 5.75 Å². The Morgan fingerprint density at radius 1 is 1.21 bits per heavy atom. The molecular formula is C14H9BrF2O2. The fourth-order valence-electron chi connectivity index (χ4n) is 1.64. The number of rotatable bonds is 3. The van der Waals surface area contributed by atoms with E-state index >= 15 is 0 Å². The lowest BCUT2D eigenvalue weighted by Crippen LogP contribution is -2.05. The zero-order valence-electron chi connectivity index (χ0n) is 9.91. The van der Waals surface area contributed by atoms with Gasteiger partial charge in [-0.25, -0.2) is 8.78 Å².